The Kier molecular flexibility index (Phi) is 6.19. The van der Waals surface area contributed by atoms with Crippen molar-refractivity contribution in [1.82, 2.24) is 0 Å². The fourth-order valence-corrected chi connectivity index (χ4v) is 0.460. The second kappa shape index (κ2) is 6.73. The smallest absolute Gasteiger partial charge is 0.126 e. The standard InChI is InChI=1S/C6H4F2.C3H8O/c7-5-2-1-3-6(8)4-5;1-2-3-4/h1-4H;4H,2-3H2,1H3. The van der Waals surface area contributed by atoms with Gasteiger partial charge in [0.05, 0.1) is 0 Å². The van der Waals surface area contributed by atoms with Crippen molar-refractivity contribution in [2.24, 2.45) is 0 Å². The number of halogens is 2. The fourth-order valence-electron chi connectivity index (χ4n) is 0.460. The molecule has 0 atom stereocenters. The minimum Gasteiger partial charge on any atom is -0.396 e. The summed E-state index contributed by atoms with van der Waals surface area (Å²) in [5, 5.41) is 7.88. The molecule has 0 heterocycles. The van der Waals surface area contributed by atoms with Gasteiger partial charge in [-0.05, 0) is 18.6 Å². The molecule has 0 saturated carbocycles. The highest BCUT2D eigenvalue weighted by molar-refractivity contribution is 5.04. The summed E-state index contributed by atoms with van der Waals surface area (Å²) in [6.45, 7) is 2.25. The molecule has 0 aliphatic heterocycles. The van der Waals surface area contributed by atoms with Gasteiger partial charge < -0.3 is 5.11 Å². The molecule has 12 heavy (non-hydrogen) atoms. The number of aliphatic hydroxyl groups is 1. The summed E-state index contributed by atoms with van der Waals surface area (Å²) < 4.78 is 23.9. The van der Waals surface area contributed by atoms with Crippen LogP contribution in [0.5, 0.6) is 0 Å². The van der Waals surface area contributed by atoms with Gasteiger partial charge in [-0.25, -0.2) is 8.78 Å². The molecule has 0 unspecified atom stereocenters. The number of benzene rings is 1. The van der Waals surface area contributed by atoms with Gasteiger partial charge in [-0.3, -0.25) is 0 Å². The Balaban J connectivity index is 0.000000261. The van der Waals surface area contributed by atoms with E-state index in [-0.39, 0.29) is 0 Å². The van der Waals surface area contributed by atoms with E-state index in [2.05, 4.69) is 0 Å². The molecule has 1 rings (SSSR count). The molecule has 68 valence electrons. The average molecular weight is 174 g/mol. The van der Waals surface area contributed by atoms with E-state index < -0.39 is 11.6 Å². The van der Waals surface area contributed by atoms with Crippen LogP contribution < -0.4 is 0 Å². The Labute approximate surface area is 70.7 Å². The van der Waals surface area contributed by atoms with E-state index in [0.717, 1.165) is 12.5 Å². The van der Waals surface area contributed by atoms with Gasteiger partial charge in [-0.2, -0.15) is 0 Å². The van der Waals surface area contributed by atoms with E-state index in [1.807, 2.05) is 6.92 Å². The second-order valence-electron chi connectivity index (χ2n) is 2.16. The van der Waals surface area contributed by atoms with Gasteiger partial charge in [0.2, 0.25) is 0 Å². The maximum absolute atomic E-state index is 11.9. The first-order valence-corrected chi connectivity index (χ1v) is 3.72. The molecule has 0 aliphatic carbocycles. The Hall–Kier alpha value is -0.960. The third-order valence-corrected chi connectivity index (χ3v) is 1.01. The highest BCUT2D eigenvalue weighted by atomic mass is 19.1. The Morgan fingerprint density at radius 2 is 1.67 bits per heavy atom. The van der Waals surface area contributed by atoms with Crippen LogP contribution >= 0.6 is 0 Å². The predicted molar refractivity (Wildman–Crippen MR) is 43.7 cm³/mol. The van der Waals surface area contributed by atoms with E-state index in [1.165, 1.54) is 18.2 Å². The summed E-state index contributed by atoms with van der Waals surface area (Å²) in [6.07, 6.45) is 0.875. The van der Waals surface area contributed by atoms with Crippen LogP contribution in [0, 0.1) is 11.6 Å². The molecule has 1 nitrogen and oxygen atoms in total. The summed E-state index contributed by atoms with van der Waals surface area (Å²) in [7, 11) is 0. The third-order valence-electron chi connectivity index (χ3n) is 1.01. The van der Waals surface area contributed by atoms with Crippen LogP contribution in [0.3, 0.4) is 0 Å². The van der Waals surface area contributed by atoms with E-state index in [4.69, 9.17) is 5.11 Å². The molecular weight excluding hydrogens is 162 g/mol. The van der Waals surface area contributed by atoms with Gasteiger partial charge in [-0.1, -0.05) is 13.0 Å². The summed E-state index contributed by atoms with van der Waals surface area (Å²) >= 11 is 0. The lowest BCUT2D eigenvalue weighted by atomic mass is 10.3. The quantitative estimate of drug-likeness (QED) is 0.692. The molecule has 3 heteroatoms. The molecule has 1 aromatic carbocycles. The minimum absolute atomic E-state index is 0.319. The van der Waals surface area contributed by atoms with Crippen LogP contribution in [-0.4, -0.2) is 11.7 Å². The van der Waals surface area contributed by atoms with Crippen molar-refractivity contribution >= 4 is 0 Å². The van der Waals surface area contributed by atoms with Crippen LogP contribution in [0.25, 0.3) is 0 Å². The van der Waals surface area contributed by atoms with Crippen molar-refractivity contribution in [2.45, 2.75) is 13.3 Å². The van der Waals surface area contributed by atoms with Crippen LogP contribution in [0.1, 0.15) is 13.3 Å². The Morgan fingerprint density at radius 3 is 1.83 bits per heavy atom. The number of rotatable bonds is 1. The molecule has 0 aromatic heterocycles. The van der Waals surface area contributed by atoms with Crippen molar-refractivity contribution in [3.05, 3.63) is 35.9 Å². The highest BCUT2D eigenvalue weighted by Gasteiger charge is 1.88. The molecule has 0 amide bonds. The SMILES string of the molecule is CCCO.Fc1cccc(F)c1. The molecule has 0 radical (unpaired) electrons. The van der Waals surface area contributed by atoms with Gasteiger partial charge in [0.1, 0.15) is 11.6 Å². The van der Waals surface area contributed by atoms with Crippen molar-refractivity contribution in [2.75, 3.05) is 6.61 Å². The van der Waals surface area contributed by atoms with Crippen molar-refractivity contribution in [1.29, 1.82) is 0 Å². The van der Waals surface area contributed by atoms with Crippen molar-refractivity contribution in [3.8, 4) is 0 Å². The van der Waals surface area contributed by atoms with E-state index in [9.17, 15) is 8.78 Å². The van der Waals surface area contributed by atoms with E-state index in [0.29, 0.717) is 6.61 Å². The summed E-state index contributed by atoms with van der Waals surface area (Å²) in [6, 6.07) is 4.55. The van der Waals surface area contributed by atoms with Crippen molar-refractivity contribution < 1.29 is 13.9 Å². The molecule has 0 saturated heterocycles. The first kappa shape index (κ1) is 11.0. The monoisotopic (exact) mass is 174 g/mol. The molecular formula is C9H12F2O. The number of aliphatic hydroxyl groups excluding tert-OH is 1. The Morgan fingerprint density at radius 1 is 1.25 bits per heavy atom. The van der Waals surface area contributed by atoms with Crippen LogP contribution in [0.4, 0.5) is 8.78 Å². The summed E-state index contributed by atoms with van der Waals surface area (Å²) in [5.41, 5.74) is 0. The maximum Gasteiger partial charge on any atom is 0.126 e. The second-order valence-corrected chi connectivity index (χ2v) is 2.16. The zero-order valence-corrected chi connectivity index (χ0v) is 6.93. The minimum atomic E-state index is -0.537. The highest BCUT2D eigenvalue weighted by Crippen LogP contribution is 1.99. The van der Waals surface area contributed by atoms with E-state index in [1.54, 1.807) is 0 Å². The maximum atomic E-state index is 11.9. The summed E-state index contributed by atoms with van der Waals surface area (Å²) in [4.78, 5) is 0. The van der Waals surface area contributed by atoms with E-state index >= 15 is 0 Å². The largest absolute Gasteiger partial charge is 0.396 e. The van der Waals surface area contributed by atoms with Gasteiger partial charge in [0, 0.05) is 12.7 Å². The molecule has 1 N–H and O–H groups in total. The third kappa shape index (κ3) is 5.80. The Bertz CT molecular complexity index is 194. The molecule has 0 spiro atoms. The molecule has 1 aromatic rings. The predicted octanol–water partition coefficient (Wildman–Crippen LogP) is 2.35. The first-order chi connectivity index (χ1) is 5.70. The lowest BCUT2D eigenvalue weighted by Gasteiger charge is -1.84. The molecule has 0 bridgehead atoms. The molecule has 0 fully saturated rings. The summed E-state index contributed by atoms with van der Waals surface area (Å²) in [5.74, 6) is -1.07. The van der Waals surface area contributed by atoms with Crippen LogP contribution in [0.15, 0.2) is 24.3 Å². The normalized spacial score (nSPS) is 8.67. The van der Waals surface area contributed by atoms with Gasteiger partial charge in [0.25, 0.3) is 0 Å². The fraction of sp³-hybridized carbons (Fsp3) is 0.333. The van der Waals surface area contributed by atoms with Crippen molar-refractivity contribution in [3.63, 3.8) is 0 Å². The lowest BCUT2D eigenvalue weighted by Crippen LogP contribution is -1.73. The zero-order valence-electron chi connectivity index (χ0n) is 6.93. The number of hydrogen-bond donors (Lipinski definition) is 1. The van der Waals surface area contributed by atoms with Gasteiger partial charge in [0.15, 0.2) is 0 Å². The average Bonchev–Trinajstić information content (AvgIpc) is 2.04. The lowest BCUT2D eigenvalue weighted by molar-refractivity contribution is 0.295. The first-order valence-electron chi connectivity index (χ1n) is 3.72. The topological polar surface area (TPSA) is 20.2 Å². The van der Waals surface area contributed by atoms with Crippen LogP contribution in [0.2, 0.25) is 0 Å². The van der Waals surface area contributed by atoms with Gasteiger partial charge in [-0.15, -0.1) is 0 Å². The zero-order chi connectivity index (χ0) is 9.40. The van der Waals surface area contributed by atoms with Gasteiger partial charge >= 0.3 is 0 Å². The van der Waals surface area contributed by atoms with Crippen LogP contribution in [-0.2, 0) is 0 Å². The molecule has 0 aliphatic rings. The number of hydrogen-bond acceptors (Lipinski definition) is 1.